The topological polar surface area (TPSA) is 50.4 Å². The Morgan fingerprint density at radius 2 is 2.00 bits per heavy atom. The van der Waals surface area contributed by atoms with Gasteiger partial charge in [-0.1, -0.05) is 0 Å². The summed E-state index contributed by atoms with van der Waals surface area (Å²) in [5, 5.41) is 10.7. The van der Waals surface area contributed by atoms with Crippen molar-refractivity contribution in [1.29, 1.82) is 0 Å². The molecule has 16 heavy (non-hydrogen) atoms. The molecule has 0 fully saturated rings. The number of hydrogen-bond donors (Lipinski definition) is 1. The highest BCUT2D eigenvalue weighted by molar-refractivity contribution is 5.88. The smallest absolute Gasteiger partial charge is 0.339 e. The highest BCUT2D eigenvalue weighted by atomic mass is 16.4. The zero-order valence-electron chi connectivity index (χ0n) is 9.04. The van der Waals surface area contributed by atoms with Gasteiger partial charge in [0.1, 0.15) is 11.3 Å². The lowest BCUT2D eigenvalue weighted by molar-refractivity contribution is 0.477. The van der Waals surface area contributed by atoms with E-state index >= 15 is 0 Å². The van der Waals surface area contributed by atoms with Crippen LogP contribution in [0.2, 0.25) is 0 Å². The summed E-state index contributed by atoms with van der Waals surface area (Å²) in [6.45, 7) is 1.87. The number of fused-ring (bicyclic) bond motifs is 3. The third-order valence-corrected chi connectivity index (χ3v) is 3.19. The van der Waals surface area contributed by atoms with Crippen molar-refractivity contribution in [3.63, 3.8) is 0 Å². The fraction of sp³-hybridized carbons (Fsp3) is 0.308. The SMILES string of the molecule is Cc1cc(O)c2c3c(c(=O)oc2c1)CCC3. The van der Waals surface area contributed by atoms with Crippen LogP contribution in [0.5, 0.6) is 5.75 Å². The highest BCUT2D eigenvalue weighted by Gasteiger charge is 2.21. The average molecular weight is 216 g/mol. The van der Waals surface area contributed by atoms with Crippen LogP contribution in [0.15, 0.2) is 21.3 Å². The molecule has 3 rings (SSSR count). The van der Waals surface area contributed by atoms with Gasteiger partial charge >= 0.3 is 5.63 Å². The second-order valence-electron chi connectivity index (χ2n) is 4.36. The van der Waals surface area contributed by atoms with Gasteiger partial charge in [0.25, 0.3) is 0 Å². The molecule has 0 radical (unpaired) electrons. The number of aryl methyl sites for hydroxylation is 2. The molecule has 0 amide bonds. The molecular weight excluding hydrogens is 204 g/mol. The Morgan fingerprint density at radius 3 is 2.81 bits per heavy atom. The Hall–Kier alpha value is -1.77. The van der Waals surface area contributed by atoms with Gasteiger partial charge in [-0.05, 0) is 49.4 Å². The zero-order chi connectivity index (χ0) is 11.3. The summed E-state index contributed by atoms with van der Waals surface area (Å²) in [6, 6.07) is 3.51. The average Bonchev–Trinajstić information content (AvgIpc) is 2.65. The number of phenols is 1. The van der Waals surface area contributed by atoms with E-state index in [-0.39, 0.29) is 11.4 Å². The van der Waals surface area contributed by atoms with E-state index in [9.17, 15) is 9.90 Å². The molecule has 0 spiro atoms. The van der Waals surface area contributed by atoms with Gasteiger partial charge in [-0.25, -0.2) is 4.79 Å². The van der Waals surface area contributed by atoms with Gasteiger partial charge in [-0.15, -0.1) is 0 Å². The van der Waals surface area contributed by atoms with Crippen molar-refractivity contribution in [2.75, 3.05) is 0 Å². The molecule has 1 N–H and O–H groups in total. The molecule has 0 aliphatic heterocycles. The van der Waals surface area contributed by atoms with Crippen LogP contribution in [0, 0.1) is 6.92 Å². The van der Waals surface area contributed by atoms with Crippen molar-refractivity contribution in [1.82, 2.24) is 0 Å². The van der Waals surface area contributed by atoms with E-state index in [0.29, 0.717) is 5.58 Å². The van der Waals surface area contributed by atoms with Crippen LogP contribution >= 0.6 is 0 Å². The molecule has 1 aliphatic rings. The zero-order valence-corrected chi connectivity index (χ0v) is 9.04. The Balaban J connectivity index is 2.53. The molecule has 3 heteroatoms. The normalized spacial score (nSPS) is 14.3. The fourth-order valence-corrected chi connectivity index (χ4v) is 2.52. The van der Waals surface area contributed by atoms with Crippen LogP contribution < -0.4 is 5.63 Å². The maximum atomic E-state index is 11.7. The second kappa shape index (κ2) is 3.11. The van der Waals surface area contributed by atoms with E-state index in [4.69, 9.17) is 4.42 Å². The number of aromatic hydroxyl groups is 1. The molecule has 0 saturated carbocycles. The van der Waals surface area contributed by atoms with Crippen molar-refractivity contribution >= 4 is 11.0 Å². The summed E-state index contributed by atoms with van der Waals surface area (Å²) >= 11 is 0. The number of benzene rings is 1. The van der Waals surface area contributed by atoms with Crippen LogP contribution in [0.3, 0.4) is 0 Å². The maximum Gasteiger partial charge on any atom is 0.339 e. The molecule has 0 atom stereocenters. The van der Waals surface area contributed by atoms with Crippen LogP contribution in [0.1, 0.15) is 23.1 Å². The van der Waals surface area contributed by atoms with Crippen LogP contribution in [-0.4, -0.2) is 5.11 Å². The van der Waals surface area contributed by atoms with Crippen molar-refractivity contribution in [3.8, 4) is 5.75 Å². The Labute approximate surface area is 92.3 Å². The van der Waals surface area contributed by atoms with Gasteiger partial charge < -0.3 is 9.52 Å². The summed E-state index contributed by atoms with van der Waals surface area (Å²) < 4.78 is 5.25. The minimum absolute atomic E-state index is 0.219. The first-order valence-electron chi connectivity index (χ1n) is 5.45. The molecule has 82 valence electrons. The van der Waals surface area contributed by atoms with Gasteiger partial charge in [-0.3, -0.25) is 0 Å². The van der Waals surface area contributed by atoms with Crippen LogP contribution in [-0.2, 0) is 12.8 Å². The minimum Gasteiger partial charge on any atom is -0.507 e. The van der Waals surface area contributed by atoms with E-state index < -0.39 is 0 Å². The van der Waals surface area contributed by atoms with E-state index in [2.05, 4.69) is 0 Å². The molecule has 2 aromatic rings. The molecule has 0 unspecified atom stereocenters. The first-order chi connectivity index (χ1) is 7.66. The first kappa shape index (κ1) is 9.46. The molecule has 3 nitrogen and oxygen atoms in total. The minimum atomic E-state index is -0.245. The molecule has 1 aliphatic carbocycles. The van der Waals surface area contributed by atoms with Crippen molar-refractivity contribution in [3.05, 3.63) is 39.2 Å². The molecule has 1 heterocycles. The molecular formula is C13H12O3. The summed E-state index contributed by atoms with van der Waals surface area (Å²) in [7, 11) is 0. The predicted octanol–water partition coefficient (Wildman–Crippen LogP) is 2.30. The summed E-state index contributed by atoms with van der Waals surface area (Å²) in [4.78, 5) is 11.7. The predicted molar refractivity (Wildman–Crippen MR) is 60.9 cm³/mol. The van der Waals surface area contributed by atoms with Crippen LogP contribution in [0.4, 0.5) is 0 Å². The van der Waals surface area contributed by atoms with E-state index in [0.717, 1.165) is 41.3 Å². The van der Waals surface area contributed by atoms with E-state index in [1.807, 2.05) is 6.92 Å². The number of phenolic OH excluding ortho intramolecular Hbond substituents is 1. The van der Waals surface area contributed by atoms with Gasteiger partial charge in [0, 0.05) is 5.56 Å². The van der Waals surface area contributed by atoms with Gasteiger partial charge in [0.2, 0.25) is 0 Å². The molecule has 0 saturated heterocycles. The number of hydrogen-bond acceptors (Lipinski definition) is 3. The van der Waals surface area contributed by atoms with E-state index in [1.54, 1.807) is 12.1 Å². The monoisotopic (exact) mass is 216 g/mol. The quantitative estimate of drug-likeness (QED) is 0.687. The summed E-state index contributed by atoms with van der Waals surface area (Å²) in [5.74, 6) is 0.219. The van der Waals surface area contributed by atoms with E-state index in [1.165, 1.54) is 0 Å². The van der Waals surface area contributed by atoms with Crippen LogP contribution in [0.25, 0.3) is 11.0 Å². The maximum absolute atomic E-state index is 11.7. The fourth-order valence-electron chi connectivity index (χ4n) is 2.52. The number of rotatable bonds is 0. The third kappa shape index (κ3) is 1.18. The lowest BCUT2D eigenvalue weighted by Gasteiger charge is -2.06. The van der Waals surface area contributed by atoms with Crippen molar-refractivity contribution < 1.29 is 9.52 Å². The largest absolute Gasteiger partial charge is 0.507 e. The van der Waals surface area contributed by atoms with Gasteiger partial charge in [-0.2, -0.15) is 0 Å². The van der Waals surface area contributed by atoms with Crippen molar-refractivity contribution in [2.45, 2.75) is 26.2 Å². The standard InChI is InChI=1S/C13H12O3/c1-7-5-10(14)12-8-3-2-4-9(8)13(15)16-11(12)6-7/h5-6,14H,2-4H2,1H3. The summed E-state index contributed by atoms with van der Waals surface area (Å²) in [5.41, 5.74) is 2.87. The van der Waals surface area contributed by atoms with Gasteiger partial charge in [0.05, 0.1) is 5.39 Å². The highest BCUT2D eigenvalue weighted by Crippen LogP contribution is 2.34. The Bertz CT molecular complexity index is 638. The Morgan fingerprint density at radius 1 is 1.25 bits per heavy atom. The second-order valence-corrected chi connectivity index (χ2v) is 4.36. The molecule has 1 aromatic carbocycles. The Kier molecular flexibility index (Phi) is 1.84. The lowest BCUT2D eigenvalue weighted by atomic mass is 10.0. The first-order valence-corrected chi connectivity index (χ1v) is 5.45. The third-order valence-electron chi connectivity index (χ3n) is 3.19. The van der Waals surface area contributed by atoms with Gasteiger partial charge in [0.15, 0.2) is 0 Å². The lowest BCUT2D eigenvalue weighted by Crippen LogP contribution is -2.06. The summed E-state index contributed by atoms with van der Waals surface area (Å²) in [6.07, 6.45) is 2.58. The molecule has 0 bridgehead atoms. The molecule has 1 aromatic heterocycles. The van der Waals surface area contributed by atoms with Crippen molar-refractivity contribution in [2.24, 2.45) is 0 Å².